The van der Waals surface area contributed by atoms with Gasteiger partial charge in [-0.2, -0.15) is 0 Å². The van der Waals surface area contributed by atoms with Crippen molar-refractivity contribution in [3.8, 4) is 0 Å². The second-order valence-corrected chi connectivity index (χ2v) is 2.19. The summed E-state index contributed by atoms with van der Waals surface area (Å²) < 4.78 is 9.36. The number of esters is 1. The van der Waals surface area contributed by atoms with E-state index in [4.69, 9.17) is 16.0 Å². The maximum Gasteiger partial charge on any atom is 0.341 e. The summed E-state index contributed by atoms with van der Waals surface area (Å²) in [5.41, 5.74) is 0.392. The van der Waals surface area contributed by atoms with Gasteiger partial charge in [-0.25, -0.2) is 4.79 Å². The number of carbonyl (C=O) groups is 1. The Morgan fingerprint density at radius 1 is 1.82 bits per heavy atom. The first-order valence-corrected chi connectivity index (χ1v) is 3.53. The smallest absolute Gasteiger partial charge is 0.341 e. The molecule has 60 valence electrons. The fourth-order valence-corrected chi connectivity index (χ4v) is 0.816. The van der Waals surface area contributed by atoms with Crippen LogP contribution in [0.5, 0.6) is 0 Å². The Balaban J connectivity index is 2.80. The summed E-state index contributed by atoms with van der Waals surface area (Å²) in [7, 11) is 1.32. The Kier molecular flexibility index (Phi) is 2.54. The van der Waals surface area contributed by atoms with Gasteiger partial charge in [0.1, 0.15) is 12.0 Å². The van der Waals surface area contributed by atoms with Gasteiger partial charge in [0.25, 0.3) is 0 Å². The number of hydrogen-bond donors (Lipinski definition) is 0. The maximum atomic E-state index is 10.8. The third-order valence-electron chi connectivity index (χ3n) is 1.21. The van der Waals surface area contributed by atoms with E-state index in [-0.39, 0.29) is 5.88 Å². The zero-order chi connectivity index (χ0) is 8.27. The van der Waals surface area contributed by atoms with E-state index in [2.05, 4.69) is 4.74 Å². The molecule has 3 nitrogen and oxygen atoms in total. The quantitative estimate of drug-likeness (QED) is 0.507. The Bertz CT molecular complexity index is 254. The molecular formula is C7H7ClO3. The first kappa shape index (κ1) is 8.14. The van der Waals surface area contributed by atoms with Crippen molar-refractivity contribution in [2.24, 2.45) is 0 Å². The lowest BCUT2D eigenvalue weighted by molar-refractivity contribution is 0.0600. The van der Waals surface area contributed by atoms with Crippen molar-refractivity contribution in [2.75, 3.05) is 7.11 Å². The Morgan fingerprint density at radius 3 is 3.00 bits per heavy atom. The number of ether oxygens (including phenoxy) is 1. The molecule has 0 fully saturated rings. The Labute approximate surface area is 68.9 Å². The molecule has 0 atom stereocenters. The van der Waals surface area contributed by atoms with E-state index in [1.165, 1.54) is 13.4 Å². The first-order chi connectivity index (χ1) is 5.27. The molecule has 1 aromatic heterocycles. The van der Waals surface area contributed by atoms with Crippen molar-refractivity contribution in [2.45, 2.75) is 5.88 Å². The van der Waals surface area contributed by atoms with Crippen molar-refractivity contribution >= 4 is 17.6 Å². The molecule has 0 saturated heterocycles. The highest BCUT2D eigenvalue weighted by Crippen LogP contribution is 2.10. The van der Waals surface area contributed by atoms with Crippen LogP contribution >= 0.6 is 11.6 Å². The lowest BCUT2D eigenvalue weighted by atomic mass is 10.3. The summed E-state index contributed by atoms with van der Waals surface area (Å²) in [5, 5.41) is 0. The van der Waals surface area contributed by atoms with Crippen LogP contribution in [-0.4, -0.2) is 13.1 Å². The monoisotopic (exact) mass is 174 g/mol. The lowest BCUT2D eigenvalue weighted by Gasteiger charge is -1.89. The highest BCUT2D eigenvalue weighted by Gasteiger charge is 2.08. The van der Waals surface area contributed by atoms with E-state index in [1.54, 1.807) is 6.07 Å². The van der Waals surface area contributed by atoms with Crippen LogP contribution in [0.4, 0.5) is 0 Å². The molecule has 0 radical (unpaired) electrons. The zero-order valence-corrected chi connectivity index (χ0v) is 6.72. The van der Waals surface area contributed by atoms with Gasteiger partial charge >= 0.3 is 5.97 Å². The van der Waals surface area contributed by atoms with Crippen LogP contribution in [0, 0.1) is 0 Å². The lowest BCUT2D eigenvalue weighted by Crippen LogP contribution is -1.98. The van der Waals surface area contributed by atoms with Crippen molar-refractivity contribution in [3.05, 3.63) is 23.7 Å². The maximum absolute atomic E-state index is 10.8. The third-order valence-corrected chi connectivity index (χ3v) is 1.47. The van der Waals surface area contributed by atoms with Crippen molar-refractivity contribution in [3.63, 3.8) is 0 Å². The van der Waals surface area contributed by atoms with Crippen molar-refractivity contribution < 1.29 is 13.9 Å². The second kappa shape index (κ2) is 3.44. The van der Waals surface area contributed by atoms with Crippen molar-refractivity contribution in [1.29, 1.82) is 0 Å². The molecule has 0 unspecified atom stereocenters. The van der Waals surface area contributed by atoms with E-state index >= 15 is 0 Å². The van der Waals surface area contributed by atoms with Gasteiger partial charge in [0, 0.05) is 0 Å². The van der Waals surface area contributed by atoms with Gasteiger partial charge in [0.05, 0.1) is 18.6 Å². The summed E-state index contributed by atoms with van der Waals surface area (Å²) in [6.45, 7) is 0. The van der Waals surface area contributed by atoms with Crippen LogP contribution in [-0.2, 0) is 10.6 Å². The van der Waals surface area contributed by atoms with Gasteiger partial charge in [-0.15, -0.1) is 11.6 Å². The van der Waals surface area contributed by atoms with Gasteiger partial charge < -0.3 is 9.15 Å². The van der Waals surface area contributed by atoms with Crippen LogP contribution in [0.3, 0.4) is 0 Å². The molecule has 0 N–H and O–H groups in total. The largest absolute Gasteiger partial charge is 0.467 e. The minimum atomic E-state index is -0.412. The minimum Gasteiger partial charge on any atom is -0.467 e. The molecule has 0 spiro atoms. The summed E-state index contributed by atoms with van der Waals surface area (Å²) in [5.74, 6) is 0.411. The van der Waals surface area contributed by atoms with Crippen LogP contribution in [0.25, 0.3) is 0 Å². The third kappa shape index (κ3) is 1.74. The average Bonchev–Trinajstić information content (AvgIpc) is 2.50. The molecule has 0 amide bonds. The number of carbonyl (C=O) groups excluding carboxylic acids is 1. The Morgan fingerprint density at radius 2 is 2.55 bits per heavy atom. The van der Waals surface area contributed by atoms with Gasteiger partial charge in [0.15, 0.2) is 0 Å². The van der Waals surface area contributed by atoms with Gasteiger partial charge in [-0.05, 0) is 6.07 Å². The summed E-state index contributed by atoms with van der Waals surface area (Å²) >= 11 is 5.44. The highest BCUT2D eigenvalue weighted by atomic mass is 35.5. The van der Waals surface area contributed by atoms with Gasteiger partial charge in [-0.3, -0.25) is 0 Å². The zero-order valence-electron chi connectivity index (χ0n) is 5.96. The average molecular weight is 175 g/mol. The number of furan rings is 1. The van der Waals surface area contributed by atoms with Crippen LogP contribution in [0.1, 0.15) is 16.1 Å². The molecule has 0 aliphatic rings. The highest BCUT2D eigenvalue weighted by molar-refractivity contribution is 6.16. The normalized spacial score (nSPS) is 9.64. The number of rotatable bonds is 2. The first-order valence-electron chi connectivity index (χ1n) is 2.99. The molecule has 0 aliphatic carbocycles. The predicted molar refractivity (Wildman–Crippen MR) is 39.6 cm³/mol. The SMILES string of the molecule is COC(=O)c1coc(CCl)c1. The molecule has 1 heterocycles. The standard InChI is InChI=1S/C7H7ClO3/c1-10-7(9)5-2-6(3-8)11-4-5/h2,4H,3H2,1H3. The minimum absolute atomic E-state index is 0.261. The van der Waals surface area contributed by atoms with Crippen molar-refractivity contribution in [1.82, 2.24) is 0 Å². The molecule has 0 aromatic carbocycles. The molecule has 0 bridgehead atoms. The van der Waals surface area contributed by atoms with Gasteiger partial charge in [0.2, 0.25) is 0 Å². The molecule has 11 heavy (non-hydrogen) atoms. The molecule has 0 aliphatic heterocycles. The predicted octanol–water partition coefficient (Wildman–Crippen LogP) is 1.81. The molecule has 1 aromatic rings. The van der Waals surface area contributed by atoms with Crippen LogP contribution in [0.2, 0.25) is 0 Å². The van der Waals surface area contributed by atoms with E-state index < -0.39 is 5.97 Å². The fraction of sp³-hybridized carbons (Fsp3) is 0.286. The second-order valence-electron chi connectivity index (χ2n) is 1.93. The van der Waals surface area contributed by atoms with E-state index in [1.807, 2.05) is 0 Å². The molecule has 4 heteroatoms. The summed E-state index contributed by atoms with van der Waals surface area (Å²) in [4.78, 5) is 10.8. The van der Waals surface area contributed by atoms with Crippen LogP contribution in [0.15, 0.2) is 16.7 Å². The summed E-state index contributed by atoms with van der Waals surface area (Å²) in [6.07, 6.45) is 1.32. The number of hydrogen-bond acceptors (Lipinski definition) is 3. The number of alkyl halides is 1. The van der Waals surface area contributed by atoms with E-state index in [0.29, 0.717) is 11.3 Å². The molecule has 1 rings (SSSR count). The van der Waals surface area contributed by atoms with E-state index in [0.717, 1.165) is 0 Å². The number of halogens is 1. The van der Waals surface area contributed by atoms with Crippen LogP contribution < -0.4 is 0 Å². The fourth-order valence-electron chi connectivity index (χ4n) is 0.676. The molecular weight excluding hydrogens is 168 g/mol. The molecule has 0 saturated carbocycles. The van der Waals surface area contributed by atoms with Gasteiger partial charge in [-0.1, -0.05) is 0 Å². The Hall–Kier alpha value is -0.960. The topological polar surface area (TPSA) is 39.4 Å². The summed E-state index contributed by atoms with van der Waals surface area (Å²) in [6, 6.07) is 1.55. The van der Waals surface area contributed by atoms with E-state index in [9.17, 15) is 4.79 Å². The number of methoxy groups -OCH3 is 1.